The van der Waals surface area contributed by atoms with E-state index >= 15 is 0 Å². The lowest BCUT2D eigenvalue weighted by molar-refractivity contribution is 0.0618. The van der Waals surface area contributed by atoms with Gasteiger partial charge in [0.1, 0.15) is 0 Å². The third kappa shape index (κ3) is 5.52. The quantitative estimate of drug-likeness (QED) is 0.668. The third-order valence-corrected chi connectivity index (χ3v) is 2.17. The molecular weight excluding hydrogens is 192 g/mol. The first-order valence-electron chi connectivity index (χ1n) is 5.23. The summed E-state index contributed by atoms with van der Waals surface area (Å²) in [5, 5.41) is 17.9. The van der Waals surface area contributed by atoms with Crippen molar-refractivity contribution < 1.29 is 14.9 Å². The molecule has 0 saturated carbocycles. The van der Waals surface area contributed by atoms with E-state index in [0.29, 0.717) is 26.1 Å². The van der Waals surface area contributed by atoms with E-state index in [2.05, 4.69) is 0 Å². The molecule has 0 radical (unpaired) electrons. The van der Waals surface area contributed by atoms with E-state index in [1.165, 1.54) is 0 Å². The van der Waals surface area contributed by atoms with Crippen LogP contribution in [0.1, 0.15) is 18.4 Å². The summed E-state index contributed by atoms with van der Waals surface area (Å²) >= 11 is 0. The normalized spacial score (nSPS) is 12.7. The van der Waals surface area contributed by atoms with Crippen LogP contribution >= 0.6 is 0 Å². The van der Waals surface area contributed by atoms with Crippen LogP contribution in [0.2, 0.25) is 0 Å². The van der Waals surface area contributed by atoms with Gasteiger partial charge in [-0.25, -0.2) is 0 Å². The second-order valence-corrected chi connectivity index (χ2v) is 3.49. The van der Waals surface area contributed by atoms with Gasteiger partial charge in [0.2, 0.25) is 0 Å². The summed E-state index contributed by atoms with van der Waals surface area (Å²) < 4.78 is 5.40. The molecule has 84 valence electrons. The van der Waals surface area contributed by atoms with Gasteiger partial charge in [-0.15, -0.1) is 0 Å². The molecule has 0 bridgehead atoms. The van der Waals surface area contributed by atoms with Gasteiger partial charge in [0.15, 0.2) is 0 Å². The van der Waals surface area contributed by atoms with Crippen LogP contribution in [0.4, 0.5) is 0 Å². The minimum atomic E-state index is -0.453. The number of hydrogen-bond donors (Lipinski definition) is 2. The Bertz CT molecular complexity index is 248. The molecule has 0 amide bonds. The van der Waals surface area contributed by atoms with Gasteiger partial charge in [0, 0.05) is 13.2 Å². The van der Waals surface area contributed by atoms with E-state index in [4.69, 9.17) is 9.84 Å². The SMILES string of the molecule is OCC[C@@H](O)CCOCc1ccccc1. The molecule has 0 unspecified atom stereocenters. The Kier molecular flexibility index (Phi) is 6.00. The second kappa shape index (κ2) is 7.40. The molecule has 0 aromatic heterocycles. The maximum Gasteiger partial charge on any atom is 0.0716 e. The molecule has 1 aromatic rings. The van der Waals surface area contributed by atoms with Crippen molar-refractivity contribution in [3.63, 3.8) is 0 Å². The van der Waals surface area contributed by atoms with Crippen molar-refractivity contribution in [3.8, 4) is 0 Å². The number of aliphatic hydroxyl groups is 2. The molecule has 0 aliphatic carbocycles. The summed E-state index contributed by atoms with van der Waals surface area (Å²) in [5.74, 6) is 0. The van der Waals surface area contributed by atoms with Crippen molar-refractivity contribution in [2.24, 2.45) is 0 Å². The number of rotatable bonds is 7. The summed E-state index contributed by atoms with van der Waals surface area (Å²) in [5.41, 5.74) is 1.13. The highest BCUT2D eigenvalue weighted by Crippen LogP contribution is 2.02. The lowest BCUT2D eigenvalue weighted by Gasteiger charge is -2.09. The molecule has 0 spiro atoms. The maximum atomic E-state index is 9.31. The molecule has 0 aliphatic rings. The van der Waals surface area contributed by atoms with Crippen molar-refractivity contribution in [2.45, 2.75) is 25.6 Å². The van der Waals surface area contributed by atoms with E-state index in [-0.39, 0.29) is 6.61 Å². The topological polar surface area (TPSA) is 49.7 Å². The van der Waals surface area contributed by atoms with Crippen molar-refractivity contribution in [1.29, 1.82) is 0 Å². The zero-order valence-electron chi connectivity index (χ0n) is 8.80. The fraction of sp³-hybridized carbons (Fsp3) is 0.500. The lowest BCUT2D eigenvalue weighted by atomic mass is 10.2. The van der Waals surface area contributed by atoms with Crippen LogP contribution in [0.5, 0.6) is 0 Å². The fourth-order valence-electron chi connectivity index (χ4n) is 1.28. The summed E-state index contributed by atoms with van der Waals surface area (Å²) in [6.45, 7) is 1.13. The van der Waals surface area contributed by atoms with Crippen LogP contribution in [-0.2, 0) is 11.3 Å². The first-order chi connectivity index (χ1) is 7.33. The van der Waals surface area contributed by atoms with Crippen LogP contribution in [0.25, 0.3) is 0 Å². The van der Waals surface area contributed by atoms with Crippen LogP contribution in [0.3, 0.4) is 0 Å². The first kappa shape index (κ1) is 12.2. The summed E-state index contributed by atoms with van der Waals surface area (Å²) in [6.07, 6.45) is 0.549. The van der Waals surface area contributed by atoms with Crippen molar-refractivity contribution in [1.82, 2.24) is 0 Å². The molecule has 0 aliphatic heterocycles. The van der Waals surface area contributed by atoms with Gasteiger partial charge in [-0.1, -0.05) is 30.3 Å². The minimum Gasteiger partial charge on any atom is -0.396 e. The van der Waals surface area contributed by atoms with E-state index in [9.17, 15) is 5.11 Å². The van der Waals surface area contributed by atoms with E-state index in [1.54, 1.807) is 0 Å². The Morgan fingerprint density at radius 2 is 1.87 bits per heavy atom. The molecular formula is C12H18O3. The van der Waals surface area contributed by atoms with Gasteiger partial charge in [-0.05, 0) is 18.4 Å². The van der Waals surface area contributed by atoms with Crippen molar-refractivity contribution >= 4 is 0 Å². The van der Waals surface area contributed by atoms with Crippen molar-refractivity contribution in [2.75, 3.05) is 13.2 Å². The van der Waals surface area contributed by atoms with Crippen LogP contribution in [0.15, 0.2) is 30.3 Å². The molecule has 3 nitrogen and oxygen atoms in total. The largest absolute Gasteiger partial charge is 0.396 e. The Hall–Kier alpha value is -0.900. The fourth-order valence-corrected chi connectivity index (χ4v) is 1.28. The average molecular weight is 210 g/mol. The molecule has 1 rings (SSSR count). The number of benzene rings is 1. The Morgan fingerprint density at radius 3 is 2.53 bits per heavy atom. The van der Waals surface area contributed by atoms with E-state index in [1.807, 2.05) is 30.3 Å². The second-order valence-electron chi connectivity index (χ2n) is 3.49. The molecule has 0 fully saturated rings. The van der Waals surface area contributed by atoms with Gasteiger partial charge < -0.3 is 14.9 Å². The Labute approximate surface area is 90.3 Å². The maximum absolute atomic E-state index is 9.31. The number of hydrogen-bond acceptors (Lipinski definition) is 3. The predicted molar refractivity (Wildman–Crippen MR) is 58.4 cm³/mol. The zero-order valence-corrected chi connectivity index (χ0v) is 8.80. The molecule has 0 heterocycles. The highest BCUT2D eigenvalue weighted by atomic mass is 16.5. The number of aliphatic hydroxyl groups excluding tert-OH is 2. The number of ether oxygens (including phenoxy) is 1. The molecule has 0 saturated heterocycles. The predicted octanol–water partition coefficient (Wildman–Crippen LogP) is 1.34. The lowest BCUT2D eigenvalue weighted by Crippen LogP contribution is -2.12. The van der Waals surface area contributed by atoms with Crippen LogP contribution in [0, 0.1) is 0 Å². The first-order valence-corrected chi connectivity index (χ1v) is 5.23. The standard InChI is InChI=1S/C12H18O3/c13-8-6-12(14)7-9-15-10-11-4-2-1-3-5-11/h1-5,12-14H,6-10H2/t12-/m1/s1. The smallest absolute Gasteiger partial charge is 0.0716 e. The molecule has 15 heavy (non-hydrogen) atoms. The van der Waals surface area contributed by atoms with Gasteiger partial charge in [0.25, 0.3) is 0 Å². The summed E-state index contributed by atoms with van der Waals surface area (Å²) in [6, 6.07) is 9.92. The minimum absolute atomic E-state index is 0.0276. The highest BCUT2D eigenvalue weighted by molar-refractivity contribution is 5.13. The highest BCUT2D eigenvalue weighted by Gasteiger charge is 2.02. The Morgan fingerprint density at radius 1 is 1.13 bits per heavy atom. The zero-order chi connectivity index (χ0) is 10.9. The summed E-state index contributed by atoms with van der Waals surface area (Å²) in [4.78, 5) is 0. The van der Waals surface area contributed by atoms with Crippen LogP contribution < -0.4 is 0 Å². The van der Waals surface area contributed by atoms with Crippen molar-refractivity contribution in [3.05, 3.63) is 35.9 Å². The summed E-state index contributed by atoms with van der Waals surface area (Å²) in [7, 11) is 0. The average Bonchev–Trinajstić information content (AvgIpc) is 2.26. The third-order valence-electron chi connectivity index (χ3n) is 2.17. The monoisotopic (exact) mass is 210 g/mol. The van der Waals surface area contributed by atoms with Gasteiger partial charge in [-0.2, -0.15) is 0 Å². The molecule has 3 heteroatoms. The molecule has 1 aromatic carbocycles. The van der Waals surface area contributed by atoms with Gasteiger partial charge in [-0.3, -0.25) is 0 Å². The molecule has 1 atom stereocenters. The van der Waals surface area contributed by atoms with Gasteiger partial charge >= 0.3 is 0 Å². The van der Waals surface area contributed by atoms with E-state index < -0.39 is 6.10 Å². The Balaban J connectivity index is 2.07. The molecule has 2 N–H and O–H groups in total. The van der Waals surface area contributed by atoms with Crippen LogP contribution in [-0.4, -0.2) is 29.5 Å². The van der Waals surface area contributed by atoms with E-state index in [0.717, 1.165) is 5.56 Å². The van der Waals surface area contributed by atoms with Gasteiger partial charge in [0.05, 0.1) is 12.7 Å².